The summed E-state index contributed by atoms with van der Waals surface area (Å²) in [6.45, 7) is 6.52. The van der Waals surface area contributed by atoms with Crippen LogP contribution in [-0.4, -0.2) is 15.3 Å². The second kappa shape index (κ2) is 5.57. The van der Waals surface area contributed by atoms with Crippen LogP contribution in [0.3, 0.4) is 0 Å². The number of benzene rings is 2. The Labute approximate surface area is 141 Å². The predicted octanol–water partition coefficient (Wildman–Crippen LogP) is 5.11. The number of aromatic nitrogens is 2. The van der Waals surface area contributed by atoms with Crippen molar-refractivity contribution in [2.24, 2.45) is 0 Å². The van der Waals surface area contributed by atoms with Crippen LogP contribution >= 0.6 is 11.8 Å². The monoisotopic (exact) mass is 320 g/mol. The molecule has 0 spiro atoms. The van der Waals surface area contributed by atoms with Gasteiger partial charge in [0, 0.05) is 28.6 Å². The molecule has 1 aliphatic heterocycles. The van der Waals surface area contributed by atoms with Crippen molar-refractivity contribution in [1.29, 1.82) is 0 Å². The number of hydrogen-bond acceptors (Lipinski definition) is 2. The highest BCUT2D eigenvalue weighted by Gasteiger charge is 2.20. The molecule has 23 heavy (non-hydrogen) atoms. The summed E-state index contributed by atoms with van der Waals surface area (Å²) in [6, 6.07) is 11.1. The van der Waals surface area contributed by atoms with Gasteiger partial charge in [0.15, 0.2) is 0 Å². The average molecular weight is 320 g/mol. The number of hydrogen-bond donors (Lipinski definition) is 0. The summed E-state index contributed by atoms with van der Waals surface area (Å²) in [5, 5.41) is 0. The lowest BCUT2D eigenvalue weighted by molar-refractivity contribution is 1.02. The molecule has 0 unspecified atom stereocenters. The van der Waals surface area contributed by atoms with Crippen LogP contribution in [0.5, 0.6) is 0 Å². The Bertz CT molecular complexity index is 869. The van der Waals surface area contributed by atoms with E-state index >= 15 is 0 Å². The zero-order chi connectivity index (χ0) is 16.0. The smallest absolute Gasteiger partial charge is 0.145 e. The summed E-state index contributed by atoms with van der Waals surface area (Å²) < 4.78 is 2.25. The van der Waals surface area contributed by atoms with Gasteiger partial charge in [-0.2, -0.15) is 0 Å². The van der Waals surface area contributed by atoms with Crippen molar-refractivity contribution in [2.75, 3.05) is 5.75 Å². The molecule has 1 aromatic heterocycles. The molecule has 0 radical (unpaired) electrons. The van der Waals surface area contributed by atoms with Gasteiger partial charge in [-0.25, -0.2) is 4.98 Å². The summed E-state index contributed by atoms with van der Waals surface area (Å²) in [5.74, 6) is 2.22. The molecule has 0 N–H and O–H groups in total. The lowest BCUT2D eigenvalue weighted by Crippen LogP contribution is -2.03. The molecule has 1 aliphatic rings. The first kappa shape index (κ1) is 14.6. The average Bonchev–Trinajstić information content (AvgIpc) is 3.14. The Hall–Kier alpha value is -2.00. The molecule has 3 aromatic rings. The number of imidazole rings is 1. The van der Waals surface area contributed by atoms with Gasteiger partial charge in [0.1, 0.15) is 5.82 Å². The summed E-state index contributed by atoms with van der Waals surface area (Å²) in [5.41, 5.74) is 7.86. The van der Waals surface area contributed by atoms with Gasteiger partial charge in [0.05, 0.1) is 5.69 Å². The minimum Gasteiger partial charge on any atom is -0.299 e. The summed E-state index contributed by atoms with van der Waals surface area (Å²) >= 11 is 1.95. The zero-order valence-corrected chi connectivity index (χ0v) is 14.6. The summed E-state index contributed by atoms with van der Waals surface area (Å²) in [6.07, 6.45) is 5.16. The first-order chi connectivity index (χ1) is 11.1. The third-order valence-electron chi connectivity index (χ3n) is 4.47. The van der Waals surface area contributed by atoms with Crippen molar-refractivity contribution >= 4 is 11.8 Å². The molecule has 116 valence electrons. The van der Waals surface area contributed by atoms with Gasteiger partial charge in [-0.3, -0.25) is 4.57 Å². The maximum absolute atomic E-state index is 4.69. The van der Waals surface area contributed by atoms with E-state index in [4.69, 9.17) is 4.98 Å². The third kappa shape index (κ3) is 2.40. The molecule has 3 heteroatoms. The van der Waals surface area contributed by atoms with E-state index < -0.39 is 0 Å². The van der Waals surface area contributed by atoms with Gasteiger partial charge in [-0.05, 0) is 43.9 Å². The molecule has 0 amide bonds. The first-order valence-corrected chi connectivity index (χ1v) is 9.00. The van der Waals surface area contributed by atoms with E-state index in [0.717, 1.165) is 12.2 Å². The van der Waals surface area contributed by atoms with Gasteiger partial charge >= 0.3 is 0 Å². The number of aryl methyl sites for hydroxylation is 4. The molecule has 0 fully saturated rings. The number of fused-ring (bicyclic) bond motifs is 1. The van der Waals surface area contributed by atoms with Crippen molar-refractivity contribution < 1.29 is 0 Å². The van der Waals surface area contributed by atoms with Crippen LogP contribution in [0.25, 0.3) is 17.1 Å². The molecule has 2 heterocycles. The maximum Gasteiger partial charge on any atom is 0.145 e. The van der Waals surface area contributed by atoms with Crippen LogP contribution < -0.4 is 0 Å². The second-order valence-corrected chi connectivity index (χ2v) is 7.37. The fourth-order valence-corrected chi connectivity index (χ4v) is 4.82. The Morgan fingerprint density at radius 1 is 1.09 bits per heavy atom. The fraction of sp³-hybridized carbons (Fsp3) is 0.250. The van der Waals surface area contributed by atoms with Crippen molar-refractivity contribution in [3.05, 3.63) is 65.0 Å². The van der Waals surface area contributed by atoms with Gasteiger partial charge < -0.3 is 0 Å². The molecule has 0 atom stereocenters. The second-order valence-electron chi connectivity index (χ2n) is 6.26. The largest absolute Gasteiger partial charge is 0.299 e. The molecule has 4 rings (SSSR count). The Kier molecular flexibility index (Phi) is 3.53. The number of thioether (sulfide) groups is 1. The summed E-state index contributed by atoms with van der Waals surface area (Å²) in [4.78, 5) is 6.10. The van der Waals surface area contributed by atoms with E-state index in [1.54, 1.807) is 0 Å². The van der Waals surface area contributed by atoms with Crippen molar-refractivity contribution in [3.8, 4) is 17.1 Å². The molecule has 2 nitrogen and oxygen atoms in total. The van der Waals surface area contributed by atoms with Crippen LogP contribution in [0.15, 0.2) is 47.6 Å². The predicted molar refractivity (Wildman–Crippen MR) is 97.6 cm³/mol. The van der Waals surface area contributed by atoms with Crippen LogP contribution in [0, 0.1) is 20.8 Å². The number of rotatable bonds is 2. The highest BCUT2D eigenvalue weighted by Crippen LogP contribution is 2.39. The molecule has 2 aromatic carbocycles. The lowest BCUT2D eigenvalue weighted by atomic mass is 10.0. The fourth-order valence-electron chi connectivity index (χ4n) is 3.63. The van der Waals surface area contributed by atoms with Crippen LogP contribution in [0.4, 0.5) is 0 Å². The van der Waals surface area contributed by atoms with Gasteiger partial charge in [-0.1, -0.05) is 35.9 Å². The van der Waals surface area contributed by atoms with Gasteiger partial charge in [0.2, 0.25) is 0 Å². The Morgan fingerprint density at radius 2 is 1.87 bits per heavy atom. The molecule has 0 saturated heterocycles. The highest BCUT2D eigenvalue weighted by atomic mass is 32.2. The van der Waals surface area contributed by atoms with Gasteiger partial charge in [-0.15, -0.1) is 11.8 Å². The standard InChI is InChI=1S/C20H20N2S/c1-13-11-14(2)18(15(3)12-13)22-9-8-21-20(22)17-6-4-5-16-7-10-23-19(16)17/h4-6,8-9,11-12H,7,10H2,1-3H3. The van der Waals surface area contributed by atoms with Gasteiger partial charge in [0.25, 0.3) is 0 Å². The first-order valence-electron chi connectivity index (χ1n) is 8.02. The minimum absolute atomic E-state index is 1.05. The highest BCUT2D eigenvalue weighted by molar-refractivity contribution is 7.99. The van der Waals surface area contributed by atoms with Crippen LogP contribution in [0.2, 0.25) is 0 Å². The topological polar surface area (TPSA) is 17.8 Å². The summed E-state index contributed by atoms with van der Waals surface area (Å²) in [7, 11) is 0. The van der Waals surface area contributed by atoms with Crippen molar-refractivity contribution in [2.45, 2.75) is 32.1 Å². The third-order valence-corrected chi connectivity index (χ3v) is 5.65. The Morgan fingerprint density at radius 3 is 2.65 bits per heavy atom. The molecule has 0 bridgehead atoms. The van der Waals surface area contributed by atoms with E-state index in [9.17, 15) is 0 Å². The normalized spacial score (nSPS) is 13.3. The van der Waals surface area contributed by atoms with Crippen molar-refractivity contribution in [3.63, 3.8) is 0 Å². The molecule has 0 saturated carbocycles. The van der Waals surface area contributed by atoms with E-state index in [0.29, 0.717) is 0 Å². The molecular weight excluding hydrogens is 300 g/mol. The quantitative estimate of drug-likeness (QED) is 0.653. The van der Waals surface area contributed by atoms with E-state index in [1.165, 1.54) is 44.2 Å². The molecule has 0 aliphatic carbocycles. The van der Waals surface area contributed by atoms with E-state index in [-0.39, 0.29) is 0 Å². The maximum atomic E-state index is 4.69. The number of nitrogens with zero attached hydrogens (tertiary/aromatic N) is 2. The van der Waals surface area contributed by atoms with Crippen LogP contribution in [-0.2, 0) is 6.42 Å². The Balaban J connectivity index is 1.93. The minimum atomic E-state index is 1.05. The lowest BCUT2D eigenvalue weighted by Gasteiger charge is -2.16. The van der Waals surface area contributed by atoms with Crippen molar-refractivity contribution in [1.82, 2.24) is 9.55 Å². The SMILES string of the molecule is Cc1cc(C)c(-n2ccnc2-c2cccc3c2SCC3)c(C)c1. The molecular formula is C20H20N2S. The zero-order valence-electron chi connectivity index (χ0n) is 13.8. The van der Waals surface area contributed by atoms with Crippen LogP contribution in [0.1, 0.15) is 22.3 Å². The van der Waals surface area contributed by atoms with E-state index in [2.05, 4.69) is 61.9 Å². The van der Waals surface area contributed by atoms with E-state index in [1.807, 2.05) is 18.0 Å².